The van der Waals surface area contributed by atoms with Gasteiger partial charge >= 0.3 is 11.9 Å². The molecule has 10 heteroatoms. The van der Waals surface area contributed by atoms with Gasteiger partial charge in [-0.05, 0) is 38.5 Å². The maximum absolute atomic E-state index is 12.7. The smallest absolute Gasteiger partial charge is 0.306 e. The third kappa shape index (κ3) is 48.2. The van der Waals surface area contributed by atoms with Gasteiger partial charge in [0.1, 0.15) is 19.8 Å². The van der Waals surface area contributed by atoms with Crippen molar-refractivity contribution in [3.05, 3.63) is 12.2 Å². The van der Waals surface area contributed by atoms with Crippen LogP contribution >= 0.6 is 7.82 Å². The number of quaternary nitrogens is 1. The molecule has 0 radical (unpaired) electrons. The molecule has 1 unspecified atom stereocenters. The first kappa shape index (κ1) is 60.8. The number of unbranched alkanes of at least 4 members (excludes halogenated alkanes) is 33. The molecule has 0 aromatic carbocycles. The number of ether oxygens (including phenoxy) is 2. The largest absolute Gasteiger partial charge is 0.756 e. The SMILES string of the molecule is CCCCCC/C=C/CCCCCCCCCC(=O)OC[C@H](COP(=O)([O-])OCC[N+](C)(C)C)OC(=O)CCCCCCCCCCCCCCCCCCCCCCCCC. The van der Waals surface area contributed by atoms with Gasteiger partial charge in [-0.1, -0.05) is 219 Å². The number of allylic oxidation sites excluding steroid dienone is 2. The van der Waals surface area contributed by atoms with Crippen molar-refractivity contribution in [1.29, 1.82) is 0 Å². The van der Waals surface area contributed by atoms with Crippen LogP contribution in [-0.2, 0) is 32.7 Å². The Bertz CT molecular complexity index is 1060. The van der Waals surface area contributed by atoms with E-state index in [1.165, 1.54) is 180 Å². The molecule has 9 nitrogen and oxygen atoms in total. The second-order valence-electron chi connectivity index (χ2n) is 19.2. The van der Waals surface area contributed by atoms with Crippen molar-refractivity contribution in [3.8, 4) is 0 Å². The zero-order chi connectivity index (χ0) is 45.7. The van der Waals surface area contributed by atoms with Crippen molar-refractivity contribution in [2.75, 3.05) is 47.5 Å². The Labute approximate surface area is 384 Å². The van der Waals surface area contributed by atoms with E-state index in [2.05, 4.69) is 26.0 Å². The number of likely N-dealkylation sites (N-methyl/N-ethyl adjacent to an activating group) is 1. The number of phosphoric ester groups is 1. The van der Waals surface area contributed by atoms with Crippen LogP contribution in [0, 0.1) is 0 Å². The summed E-state index contributed by atoms with van der Waals surface area (Å²) < 4.78 is 34.1. The molecule has 0 rings (SSSR count). The summed E-state index contributed by atoms with van der Waals surface area (Å²) in [5, 5.41) is 0. The van der Waals surface area contributed by atoms with E-state index in [9.17, 15) is 19.0 Å². The average molecular weight is 900 g/mol. The third-order valence-corrected chi connectivity index (χ3v) is 12.7. The van der Waals surface area contributed by atoms with E-state index < -0.39 is 26.5 Å². The summed E-state index contributed by atoms with van der Waals surface area (Å²) >= 11 is 0. The van der Waals surface area contributed by atoms with Gasteiger partial charge in [0.05, 0.1) is 27.7 Å². The van der Waals surface area contributed by atoms with Gasteiger partial charge in [0, 0.05) is 12.8 Å². The van der Waals surface area contributed by atoms with Gasteiger partial charge in [-0.3, -0.25) is 14.2 Å². The van der Waals surface area contributed by atoms with Crippen LogP contribution in [0.25, 0.3) is 0 Å². The van der Waals surface area contributed by atoms with Gasteiger partial charge in [-0.25, -0.2) is 0 Å². The molecule has 0 aromatic rings. The van der Waals surface area contributed by atoms with Crippen molar-refractivity contribution in [2.45, 2.75) is 264 Å². The second kappa shape index (κ2) is 44.9. The van der Waals surface area contributed by atoms with Crippen molar-refractivity contribution in [1.82, 2.24) is 0 Å². The van der Waals surface area contributed by atoms with Gasteiger partial charge < -0.3 is 27.9 Å². The second-order valence-corrected chi connectivity index (χ2v) is 20.7. The van der Waals surface area contributed by atoms with E-state index in [4.69, 9.17) is 18.5 Å². The molecule has 0 aromatic heterocycles. The van der Waals surface area contributed by atoms with E-state index >= 15 is 0 Å². The number of nitrogens with zero attached hydrogens (tertiary/aromatic N) is 1. The lowest BCUT2D eigenvalue weighted by Gasteiger charge is -2.28. The number of hydrogen-bond donors (Lipinski definition) is 0. The lowest BCUT2D eigenvalue weighted by Crippen LogP contribution is -2.37. The molecule has 0 saturated heterocycles. The minimum Gasteiger partial charge on any atom is -0.756 e. The Kier molecular flexibility index (Phi) is 44.0. The maximum Gasteiger partial charge on any atom is 0.306 e. The van der Waals surface area contributed by atoms with Crippen LogP contribution in [0.2, 0.25) is 0 Å². The molecule has 0 aliphatic carbocycles. The fourth-order valence-electron chi connectivity index (χ4n) is 7.65. The van der Waals surface area contributed by atoms with E-state index in [0.717, 1.165) is 44.9 Å². The third-order valence-electron chi connectivity index (χ3n) is 11.8. The Hall–Kier alpha value is -1.25. The molecule has 0 amide bonds. The van der Waals surface area contributed by atoms with E-state index in [1.807, 2.05) is 21.1 Å². The molecule has 0 bridgehead atoms. The van der Waals surface area contributed by atoms with Gasteiger partial charge in [0.25, 0.3) is 7.82 Å². The molecule has 0 aliphatic rings. The molecule has 0 saturated carbocycles. The first-order valence-corrected chi connectivity index (χ1v) is 27.9. The first-order chi connectivity index (χ1) is 30.0. The Morgan fingerprint density at radius 1 is 0.484 bits per heavy atom. The van der Waals surface area contributed by atoms with Crippen LogP contribution in [0.5, 0.6) is 0 Å². The molecule has 0 heterocycles. The van der Waals surface area contributed by atoms with Crippen LogP contribution in [0.15, 0.2) is 12.2 Å². The zero-order valence-corrected chi connectivity index (χ0v) is 42.5. The summed E-state index contributed by atoms with van der Waals surface area (Å²) in [7, 11) is 1.18. The Morgan fingerprint density at radius 3 is 1.21 bits per heavy atom. The molecule has 0 N–H and O–H groups in total. The van der Waals surface area contributed by atoms with Crippen molar-refractivity contribution < 1.29 is 42.1 Å². The normalized spacial score (nSPS) is 13.5. The van der Waals surface area contributed by atoms with Crippen molar-refractivity contribution in [2.24, 2.45) is 0 Å². The topological polar surface area (TPSA) is 111 Å². The Balaban J connectivity index is 4.16. The maximum atomic E-state index is 12.7. The fourth-order valence-corrected chi connectivity index (χ4v) is 8.38. The molecule has 0 spiro atoms. The van der Waals surface area contributed by atoms with E-state index in [1.54, 1.807) is 0 Å². The predicted molar refractivity (Wildman–Crippen MR) is 259 cm³/mol. The quantitative estimate of drug-likeness (QED) is 0.0195. The molecule has 368 valence electrons. The van der Waals surface area contributed by atoms with Crippen LogP contribution in [-0.4, -0.2) is 70.0 Å². The molecular formula is C52H102NO8P. The van der Waals surface area contributed by atoms with Gasteiger partial charge in [-0.15, -0.1) is 0 Å². The summed E-state index contributed by atoms with van der Waals surface area (Å²) in [4.78, 5) is 37.7. The number of carbonyl (C=O) groups excluding carboxylic acids is 2. The first-order valence-electron chi connectivity index (χ1n) is 26.4. The van der Waals surface area contributed by atoms with Crippen LogP contribution in [0.1, 0.15) is 258 Å². The molecule has 2 atom stereocenters. The fraction of sp³-hybridized carbons (Fsp3) is 0.923. The summed E-state index contributed by atoms with van der Waals surface area (Å²) in [5.74, 6) is -0.824. The van der Waals surface area contributed by atoms with Crippen LogP contribution in [0.4, 0.5) is 0 Å². The summed E-state index contributed by atoms with van der Waals surface area (Å²) in [6.45, 7) is 4.26. The van der Waals surface area contributed by atoms with Gasteiger partial charge in [0.2, 0.25) is 0 Å². The number of carbonyl (C=O) groups is 2. The van der Waals surface area contributed by atoms with Crippen LogP contribution in [0.3, 0.4) is 0 Å². The summed E-state index contributed by atoms with van der Waals surface area (Å²) in [5.41, 5.74) is 0. The standard InChI is InChI=1S/C52H102NO8P/c1-6-8-10-12-14-16-18-20-22-23-24-25-26-27-28-29-31-33-35-37-39-41-43-45-52(55)61-50(49-60-62(56,57)59-47-46-53(3,4)5)48-58-51(54)44-42-40-38-36-34-32-30-21-19-17-15-13-11-9-7-2/h17,19,50H,6-16,18,20-49H2,1-5H3/b19-17+/t50-/m1/s1. The summed E-state index contributed by atoms with van der Waals surface area (Å²) in [6, 6.07) is 0. The highest BCUT2D eigenvalue weighted by Gasteiger charge is 2.21. The van der Waals surface area contributed by atoms with Gasteiger partial charge in [0.15, 0.2) is 6.10 Å². The number of rotatable bonds is 49. The highest BCUT2D eigenvalue weighted by Crippen LogP contribution is 2.38. The Morgan fingerprint density at radius 2 is 0.823 bits per heavy atom. The summed E-state index contributed by atoms with van der Waals surface area (Å²) in [6.07, 6.45) is 49.6. The number of phosphoric acid groups is 1. The molecule has 0 aliphatic heterocycles. The van der Waals surface area contributed by atoms with Gasteiger partial charge in [-0.2, -0.15) is 0 Å². The van der Waals surface area contributed by atoms with Crippen molar-refractivity contribution in [3.63, 3.8) is 0 Å². The highest BCUT2D eigenvalue weighted by atomic mass is 31.2. The zero-order valence-electron chi connectivity index (χ0n) is 41.6. The molecule has 0 fully saturated rings. The lowest BCUT2D eigenvalue weighted by atomic mass is 10.0. The number of hydrogen-bond acceptors (Lipinski definition) is 8. The number of esters is 2. The predicted octanol–water partition coefficient (Wildman–Crippen LogP) is 15.1. The molecular weight excluding hydrogens is 798 g/mol. The average Bonchev–Trinajstić information content (AvgIpc) is 3.23. The van der Waals surface area contributed by atoms with E-state index in [0.29, 0.717) is 17.4 Å². The van der Waals surface area contributed by atoms with Crippen LogP contribution < -0.4 is 4.89 Å². The molecule has 62 heavy (non-hydrogen) atoms. The minimum absolute atomic E-state index is 0.0279. The van der Waals surface area contributed by atoms with Crippen molar-refractivity contribution >= 4 is 19.8 Å². The van der Waals surface area contributed by atoms with E-state index in [-0.39, 0.29) is 32.0 Å². The minimum atomic E-state index is -4.63. The highest BCUT2D eigenvalue weighted by molar-refractivity contribution is 7.45. The lowest BCUT2D eigenvalue weighted by molar-refractivity contribution is -0.870. The monoisotopic (exact) mass is 900 g/mol.